The minimum absolute atomic E-state index is 0.0154. The molecule has 2 fully saturated rings. The van der Waals surface area contributed by atoms with Gasteiger partial charge in [-0.2, -0.15) is 0 Å². The van der Waals surface area contributed by atoms with Crippen molar-refractivity contribution < 1.29 is 9.53 Å². The Bertz CT molecular complexity index is 361. The van der Waals surface area contributed by atoms with E-state index in [1.54, 1.807) is 0 Å². The average molecular weight is 294 g/mol. The van der Waals surface area contributed by atoms with Gasteiger partial charge in [0.1, 0.15) is 0 Å². The molecular weight excluding hydrogens is 260 g/mol. The summed E-state index contributed by atoms with van der Waals surface area (Å²) in [6.07, 6.45) is 7.88. The number of hydrogen-bond donors (Lipinski definition) is 0. The molecule has 122 valence electrons. The van der Waals surface area contributed by atoms with Crippen molar-refractivity contribution in [1.29, 1.82) is 0 Å². The molecule has 2 aliphatic carbocycles. The second-order valence-electron chi connectivity index (χ2n) is 7.98. The lowest BCUT2D eigenvalue weighted by Gasteiger charge is -2.53. The molecule has 5 atom stereocenters. The predicted octanol–water partition coefficient (Wildman–Crippen LogP) is 5.06. The number of carbonyl (C=O) groups excluding carboxylic acids is 1. The molecule has 2 heteroatoms. The summed E-state index contributed by atoms with van der Waals surface area (Å²) in [6.45, 7) is 11.8. The molecule has 0 aromatic rings. The van der Waals surface area contributed by atoms with E-state index in [2.05, 4.69) is 27.7 Å². The Morgan fingerprint density at radius 2 is 1.86 bits per heavy atom. The lowest BCUT2D eigenvalue weighted by atomic mass is 9.52. The molecule has 5 unspecified atom stereocenters. The topological polar surface area (TPSA) is 26.3 Å². The zero-order valence-electron chi connectivity index (χ0n) is 14.7. The second-order valence-corrected chi connectivity index (χ2v) is 7.98. The number of carbonyl (C=O) groups is 1. The molecule has 2 aliphatic rings. The summed E-state index contributed by atoms with van der Waals surface area (Å²) in [7, 11) is 0. The van der Waals surface area contributed by atoms with E-state index in [9.17, 15) is 4.79 Å². The largest absolute Gasteiger partial charge is 0.466 e. The van der Waals surface area contributed by atoms with Crippen molar-refractivity contribution in [3.63, 3.8) is 0 Å². The summed E-state index contributed by atoms with van der Waals surface area (Å²) >= 11 is 0. The van der Waals surface area contributed by atoms with Gasteiger partial charge in [-0.1, -0.05) is 34.1 Å². The first-order valence-corrected chi connectivity index (χ1v) is 9.08. The van der Waals surface area contributed by atoms with Gasteiger partial charge >= 0.3 is 5.97 Å². The van der Waals surface area contributed by atoms with Crippen LogP contribution in [0.4, 0.5) is 0 Å². The molecule has 0 radical (unpaired) electrons. The van der Waals surface area contributed by atoms with Gasteiger partial charge in [-0.15, -0.1) is 0 Å². The van der Waals surface area contributed by atoms with E-state index in [1.807, 2.05) is 6.92 Å². The maximum atomic E-state index is 12.1. The van der Waals surface area contributed by atoms with Crippen LogP contribution in [0.25, 0.3) is 0 Å². The maximum absolute atomic E-state index is 12.1. The highest BCUT2D eigenvalue weighted by Gasteiger charge is 2.47. The fourth-order valence-electron chi connectivity index (χ4n) is 5.26. The van der Waals surface area contributed by atoms with Crippen LogP contribution in [-0.2, 0) is 9.53 Å². The molecule has 0 amide bonds. The number of hydrogen-bond acceptors (Lipinski definition) is 2. The first-order valence-electron chi connectivity index (χ1n) is 9.08. The highest BCUT2D eigenvalue weighted by Crippen LogP contribution is 2.56. The highest BCUT2D eigenvalue weighted by atomic mass is 16.5. The zero-order chi connectivity index (χ0) is 15.6. The van der Waals surface area contributed by atoms with Gasteiger partial charge in [0.25, 0.3) is 0 Å². The van der Waals surface area contributed by atoms with E-state index >= 15 is 0 Å². The van der Waals surface area contributed by atoms with Crippen LogP contribution in [0.5, 0.6) is 0 Å². The van der Waals surface area contributed by atoms with E-state index in [0.717, 1.165) is 17.8 Å². The Balaban J connectivity index is 2.07. The summed E-state index contributed by atoms with van der Waals surface area (Å²) in [5, 5.41) is 0. The summed E-state index contributed by atoms with van der Waals surface area (Å²) in [5.41, 5.74) is 0.435. The summed E-state index contributed by atoms with van der Waals surface area (Å²) in [6, 6.07) is 0. The van der Waals surface area contributed by atoms with E-state index in [0.29, 0.717) is 17.9 Å². The lowest BCUT2D eigenvalue weighted by Crippen LogP contribution is -2.45. The molecule has 0 N–H and O–H groups in total. The molecule has 0 bridgehead atoms. The summed E-state index contributed by atoms with van der Waals surface area (Å²) in [5.74, 6) is 3.17. The molecule has 2 nitrogen and oxygen atoms in total. The second kappa shape index (κ2) is 6.71. The molecule has 2 rings (SSSR count). The van der Waals surface area contributed by atoms with Crippen molar-refractivity contribution in [1.82, 2.24) is 0 Å². The zero-order valence-corrected chi connectivity index (χ0v) is 14.7. The first kappa shape index (κ1) is 16.8. The Morgan fingerprint density at radius 3 is 2.48 bits per heavy atom. The smallest absolute Gasteiger partial charge is 0.308 e. The van der Waals surface area contributed by atoms with Crippen LogP contribution in [0.15, 0.2) is 0 Å². The van der Waals surface area contributed by atoms with Gasteiger partial charge in [0.05, 0.1) is 12.5 Å². The molecule has 0 heterocycles. The summed E-state index contributed by atoms with van der Waals surface area (Å²) < 4.78 is 5.25. The number of fused-ring (bicyclic) bond motifs is 1. The molecule has 0 spiro atoms. The van der Waals surface area contributed by atoms with Gasteiger partial charge in [0.15, 0.2) is 0 Å². The predicted molar refractivity (Wildman–Crippen MR) is 86.9 cm³/mol. The third-order valence-electron chi connectivity index (χ3n) is 6.79. The maximum Gasteiger partial charge on any atom is 0.308 e. The third kappa shape index (κ3) is 3.29. The molecule has 2 saturated carbocycles. The van der Waals surface area contributed by atoms with Crippen molar-refractivity contribution in [2.24, 2.45) is 35.0 Å². The van der Waals surface area contributed by atoms with Crippen LogP contribution in [-0.4, -0.2) is 12.6 Å². The molecular formula is C19H34O2. The van der Waals surface area contributed by atoms with Crippen molar-refractivity contribution in [3.8, 4) is 0 Å². The van der Waals surface area contributed by atoms with Crippen molar-refractivity contribution in [2.75, 3.05) is 6.61 Å². The van der Waals surface area contributed by atoms with Crippen LogP contribution in [0.3, 0.4) is 0 Å². The molecule has 0 saturated heterocycles. The van der Waals surface area contributed by atoms with E-state index in [1.165, 1.54) is 38.5 Å². The number of esters is 1. The number of rotatable bonds is 4. The molecule has 21 heavy (non-hydrogen) atoms. The Morgan fingerprint density at radius 1 is 1.19 bits per heavy atom. The third-order valence-corrected chi connectivity index (χ3v) is 6.79. The summed E-state index contributed by atoms with van der Waals surface area (Å²) in [4.78, 5) is 12.1. The fourth-order valence-corrected chi connectivity index (χ4v) is 5.26. The lowest BCUT2D eigenvalue weighted by molar-refractivity contribution is -0.151. The normalized spacial score (nSPS) is 36.6. The van der Waals surface area contributed by atoms with Crippen LogP contribution in [0.2, 0.25) is 0 Å². The Hall–Kier alpha value is -0.530. The monoisotopic (exact) mass is 294 g/mol. The standard InChI is InChI=1S/C19H34O2/c1-6-16-11-10-14-8-9-15(12-17(14)19(16,4)5)13(3)18(20)21-7-2/h13-17H,6-12H2,1-5H3. The number of ether oxygens (including phenoxy) is 1. The minimum atomic E-state index is 0.0154. The van der Waals surface area contributed by atoms with Gasteiger partial charge in [0, 0.05) is 0 Å². The minimum Gasteiger partial charge on any atom is -0.466 e. The van der Waals surface area contributed by atoms with Crippen molar-refractivity contribution in [3.05, 3.63) is 0 Å². The van der Waals surface area contributed by atoms with E-state index in [4.69, 9.17) is 4.74 Å². The van der Waals surface area contributed by atoms with Gasteiger partial charge in [-0.25, -0.2) is 0 Å². The van der Waals surface area contributed by atoms with Crippen molar-refractivity contribution in [2.45, 2.75) is 73.1 Å². The average Bonchev–Trinajstić information content (AvgIpc) is 2.46. The molecule has 0 aromatic heterocycles. The van der Waals surface area contributed by atoms with Gasteiger partial charge < -0.3 is 4.74 Å². The van der Waals surface area contributed by atoms with Gasteiger partial charge in [-0.3, -0.25) is 4.79 Å². The fraction of sp³-hybridized carbons (Fsp3) is 0.947. The molecule has 0 aromatic carbocycles. The van der Waals surface area contributed by atoms with Crippen LogP contribution in [0.1, 0.15) is 73.1 Å². The quantitative estimate of drug-likeness (QED) is 0.677. The molecule has 0 aliphatic heterocycles. The first-order chi connectivity index (χ1) is 9.91. The van der Waals surface area contributed by atoms with Gasteiger partial charge in [0.2, 0.25) is 0 Å². The van der Waals surface area contributed by atoms with Crippen LogP contribution >= 0.6 is 0 Å². The Kier molecular flexibility index (Phi) is 5.38. The van der Waals surface area contributed by atoms with E-state index < -0.39 is 0 Å². The van der Waals surface area contributed by atoms with E-state index in [-0.39, 0.29) is 11.9 Å². The van der Waals surface area contributed by atoms with Crippen LogP contribution in [0, 0.1) is 35.0 Å². The SMILES string of the molecule is CCOC(=O)C(C)C1CCC2CCC(CC)C(C)(C)C2C1. The van der Waals surface area contributed by atoms with Gasteiger partial charge in [-0.05, 0) is 68.1 Å². The Labute approximate surface area is 131 Å². The van der Waals surface area contributed by atoms with Crippen LogP contribution < -0.4 is 0 Å². The highest BCUT2D eigenvalue weighted by molar-refractivity contribution is 5.72. The van der Waals surface area contributed by atoms with Crippen molar-refractivity contribution >= 4 is 5.97 Å².